The minimum atomic E-state index is -0.742. The van der Waals surface area contributed by atoms with Crippen LogP contribution < -0.4 is 0 Å². The Bertz CT molecular complexity index is 672. The number of imidazole rings is 1. The van der Waals surface area contributed by atoms with E-state index in [0.29, 0.717) is 6.42 Å². The molecule has 104 valence electrons. The van der Waals surface area contributed by atoms with Crippen molar-refractivity contribution in [2.75, 3.05) is 0 Å². The van der Waals surface area contributed by atoms with Crippen LogP contribution in [0.15, 0.2) is 30.4 Å². The lowest BCUT2D eigenvalue weighted by molar-refractivity contribution is -0.142. The van der Waals surface area contributed by atoms with Crippen molar-refractivity contribution >= 4 is 17.0 Å². The summed E-state index contributed by atoms with van der Waals surface area (Å²) in [5, 5.41) is 9.35. The van der Waals surface area contributed by atoms with E-state index in [-0.39, 0.29) is 11.8 Å². The first kappa shape index (κ1) is 12.9. The van der Waals surface area contributed by atoms with Gasteiger partial charge in [0.15, 0.2) is 0 Å². The molecular formula is C16H18N2O2. The molecule has 2 N–H and O–H groups in total. The van der Waals surface area contributed by atoms with Gasteiger partial charge in [-0.25, -0.2) is 4.98 Å². The van der Waals surface area contributed by atoms with E-state index in [1.54, 1.807) is 0 Å². The maximum Gasteiger partial charge on any atom is 0.307 e. The van der Waals surface area contributed by atoms with Crippen LogP contribution in [0.4, 0.5) is 0 Å². The normalized spacial score (nSPS) is 22.2. The summed E-state index contributed by atoms with van der Waals surface area (Å²) in [7, 11) is 0. The smallest absolute Gasteiger partial charge is 0.307 e. The number of nitrogens with zero attached hydrogens (tertiary/aromatic N) is 1. The topological polar surface area (TPSA) is 66.0 Å². The van der Waals surface area contributed by atoms with Crippen LogP contribution in [0.1, 0.15) is 37.1 Å². The Labute approximate surface area is 117 Å². The van der Waals surface area contributed by atoms with Gasteiger partial charge in [0.05, 0.1) is 17.0 Å². The molecule has 4 nitrogen and oxygen atoms in total. The Morgan fingerprint density at radius 3 is 2.95 bits per heavy atom. The fourth-order valence-electron chi connectivity index (χ4n) is 2.86. The van der Waals surface area contributed by atoms with Gasteiger partial charge in [0.25, 0.3) is 0 Å². The van der Waals surface area contributed by atoms with E-state index in [9.17, 15) is 9.90 Å². The molecule has 0 aliphatic heterocycles. The fraction of sp³-hybridized carbons (Fsp3) is 0.375. The second-order valence-corrected chi connectivity index (χ2v) is 5.32. The monoisotopic (exact) mass is 270 g/mol. The van der Waals surface area contributed by atoms with E-state index in [0.717, 1.165) is 29.7 Å². The first-order valence-corrected chi connectivity index (χ1v) is 7.05. The Hall–Kier alpha value is -2.10. The number of fused-ring (bicyclic) bond motifs is 1. The number of carboxylic acid groups (broad SMARTS) is 1. The van der Waals surface area contributed by atoms with Crippen LogP contribution in [-0.2, 0) is 11.2 Å². The maximum atomic E-state index is 11.4. The highest BCUT2D eigenvalue weighted by Gasteiger charge is 2.31. The van der Waals surface area contributed by atoms with Gasteiger partial charge in [0.1, 0.15) is 5.82 Å². The zero-order valence-corrected chi connectivity index (χ0v) is 11.5. The molecule has 1 heterocycles. The molecule has 2 aromatic rings. The minimum Gasteiger partial charge on any atom is -0.481 e. The number of rotatable bonds is 3. The van der Waals surface area contributed by atoms with Crippen molar-refractivity contribution in [1.82, 2.24) is 9.97 Å². The second kappa shape index (κ2) is 5.12. The predicted octanol–water partition coefficient (Wildman–Crippen LogP) is 3.26. The van der Waals surface area contributed by atoms with Crippen LogP contribution in [0.3, 0.4) is 0 Å². The molecule has 2 atom stereocenters. The standard InChI is InChI=1S/C16H18N2O2/c1-2-10-7-8-13-14(9-10)18-15(17-13)11-5-3-4-6-12(11)16(19)20/h3-4,7-9,11-12H,2,5-6H2,1H3,(H,17,18)(H,19,20)/t11-,12+/m1/s1. The van der Waals surface area contributed by atoms with Crippen LogP contribution in [0, 0.1) is 5.92 Å². The van der Waals surface area contributed by atoms with Crippen molar-refractivity contribution in [2.45, 2.75) is 32.1 Å². The summed E-state index contributed by atoms with van der Waals surface area (Å²) in [6.45, 7) is 2.12. The summed E-state index contributed by atoms with van der Waals surface area (Å²) in [5.41, 5.74) is 3.17. The van der Waals surface area contributed by atoms with Crippen molar-refractivity contribution in [3.8, 4) is 0 Å². The highest BCUT2D eigenvalue weighted by molar-refractivity contribution is 5.77. The Balaban J connectivity index is 2.00. The summed E-state index contributed by atoms with van der Waals surface area (Å²) < 4.78 is 0. The number of aliphatic carboxylic acids is 1. The minimum absolute atomic E-state index is 0.0602. The van der Waals surface area contributed by atoms with Gasteiger partial charge in [-0.3, -0.25) is 4.79 Å². The number of carbonyl (C=O) groups is 1. The molecule has 0 unspecified atom stereocenters. The summed E-state index contributed by atoms with van der Waals surface area (Å²) in [4.78, 5) is 19.3. The average Bonchev–Trinajstić information content (AvgIpc) is 2.89. The molecule has 4 heteroatoms. The van der Waals surface area contributed by atoms with Gasteiger partial charge in [-0.15, -0.1) is 0 Å². The fourth-order valence-corrected chi connectivity index (χ4v) is 2.86. The number of H-pyrrole nitrogens is 1. The first-order valence-electron chi connectivity index (χ1n) is 7.05. The number of carboxylic acids is 1. The number of aromatic nitrogens is 2. The van der Waals surface area contributed by atoms with E-state index >= 15 is 0 Å². The van der Waals surface area contributed by atoms with Gasteiger partial charge in [0, 0.05) is 5.92 Å². The highest BCUT2D eigenvalue weighted by atomic mass is 16.4. The van der Waals surface area contributed by atoms with E-state index < -0.39 is 5.97 Å². The molecule has 0 bridgehead atoms. The summed E-state index contributed by atoms with van der Waals surface area (Å²) in [6.07, 6.45) is 6.30. The van der Waals surface area contributed by atoms with Crippen LogP contribution >= 0.6 is 0 Å². The van der Waals surface area contributed by atoms with Gasteiger partial charge in [0.2, 0.25) is 0 Å². The number of hydrogen-bond acceptors (Lipinski definition) is 2. The molecule has 0 fully saturated rings. The maximum absolute atomic E-state index is 11.4. The van der Waals surface area contributed by atoms with Crippen molar-refractivity contribution in [1.29, 1.82) is 0 Å². The SMILES string of the molecule is CCc1ccc2nc([C@@H]3CC=CC[C@@H]3C(=O)O)[nH]c2c1. The molecule has 0 amide bonds. The van der Waals surface area contributed by atoms with Crippen molar-refractivity contribution in [3.63, 3.8) is 0 Å². The van der Waals surface area contributed by atoms with Gasteiger partial charge in [-0.1, -0.05) is 25.1 Å². The zero-order chi connectivity index (χ0) is 14.1. The number of aromatic amines is 1. The molecule has 20 heavy (non-hydrogen) atoms. The highest BCUT2D eigenvalue weighted by Crippen LogP contribution is 2.34. The van der Waals surface area contributed by atoms with Gasteiger partial charge >= 0.3 is 5.97 Å². The Morgan fingerprint density at radius 1 is 1.40 bits per heavy atom. The molecule has 1 aromatic heterocycles. The van der Waals surface area contributed by atoms with Gasteiger partial charge in [-0.2, -0.15) is 0 Å². The van der Waals surface area contributed by atoms with Crippen molar-refractivity contribution < 1.29 is 9.90 Å². The molecular weight excluding hydrogens is 252 g/mol. The summed E-state index contributed by atoms with van der Waals surface area (Å²) in [5.74, 6) is -0.389. The van der Waals surface area contributed by atoms with E-state index in [1.165, 1.54) is 5.56 Å². The lowest BCUT2D eigenvalue weighted by atomic mass is 9.82. The third-order valence-electron chi connectivity index (χ3n) is 4.07. The van der Waals surface area contributed by atoms with E-state index in [4.69, 9.17) is 0 Å². The number of hydrogen-bond donors (Lipinski definition) is 2. The molecule has 3 rings (SSSR count). The number of aryl methyl sites for hydroxylation is 1. The number of allylic oxidation sites excluding steroid dienone is 2. The Kier molecular flexibility index (Phi) is 3.30. The van der Waals surface area contributed by atoms with Crippen LogP contribution in [0.5, 0.6) is 0 Å². The van der Waals surface area contributed by atoms with E-state index in [1.807, 2.05) is 12.1 Å². The molecule has 0 radical (unpaired) electrons. The zero-order valence-electron chi connectivity index (χ0n) is 11.5. The average molecular weight is 270 g/mol. The molecule has 1 aromatic carbocycles. The predicted molar refractivity (Wildman–Crippen MR) is 77.7 cm³/mol. The van der Waals surface area contributed by atoms with Crippen LogP contribution in [0.2, 0.25) is 0 Å². The van der Waals surface area contributed by atoms with Crippen molar-refractivity contribution in [2.24, 2.45) is 5.92 Å². The molecule has 0 saturated heterocycles. The van der Waals surface area contributed by atoms with Gasteiger partial charge < -0.3 is 10.1 Å². The molecule has 1 aliphatic rings. The lowest BCUT2D eigenvalue weighted by Crippen LogP contribution is -2.24. The Morgan fingerprint density at radius 2 is 2.20 bits per heavy atom. The van der Waals surface area contributed by atoms with Crippen LogP contribution in [0.25, 0.3) is 11.0 Å². The molecule has 0 spiro atoms. The second-order valence-electron chi connectivity index (χ2n) is 5.32. The van der Waals surface area contributed by atoms with Crippen molar-refractivity contribution in [3.05, 3.63) is 41.7 Å². The van der Waals surface area contributed by atoms with E-state index in [2.05, 4.69) is 35.1 Å². The van der Waals surface area contributed by atoms with Gasteiger partial charge in [-0.05, 0) is 37.0 Å². The molecule has 0 saturated carbocycles. The number of nitrogens with one attached hydrogen (secondary N) is 1. The quantitative estimate of drug-likeness (QED) is 0.841. The summed E-state index contributed by atoms with van der Waals surface area (Å²) in [6, 6.07) is 6.17. The third kappa shape index (κ3) is 2.22. The largest absolute Gasteiger partial charge is 0.481 e. The lowest BCUT2D eigenvalue weighted by Gasteiger charge is -2.23. The molecule has 1 aliphatic carbocycles. The van der Waals surface area contributed by atoms with Crippen LogP contribution in [-0.4, -0.2) is 21.0 Å². The third-order valence-corrected chi connectivity index (χ3v) is 4.07. The summed E-state index contributed by atoms with van der Waals surface area (Å²) >= 11 is 0. The first-order chi connectivity index (χ1) is 9.69. The number of benzene rings is 1.